The van der Waals surface area contributed by atoms with Crippen LogP contribution in [0.15, 0.2) is 24.4 Å². The van der Waals surface area contributed by atoms with E-state index < -0.39 is 12.4 Å². The molecule has 2 aromatic heterocycles. The highest BCUT2D eigenvalue weighted by molar-refractivity contribution is 5.85. The Balaban J connectivity index is 1.38. The molecule has 154 valence electrons. The van der Waals surface area contributed by atoms with Crippen molar-refractivity contribution in [2.24, 2.45) is 0 Å². The Bertz CT molecular complexity index is 918. The number of rotatable bonds is 6. The number of pyridine rings is 1. The average Bonchev–Trinajstić information content (AvgIpc) is 3.48. The van der Waals surface area contributed by atoms with Crippen molar-refractivity contribution in [1.82, 2.24) is 19.7 Å². The van der Waals surface area contributed by atoms with Crippen LogP contribution in [0.1, 0.15) is 71.4 Å². The van der Waals surface area contributed by atoms with Gasteiger partial charge in [0.05, 0.1) is 0 Å². The van der Waals surface area contributed by atoms with Crippen molar-refractivity contribution < 1.29 is 23.5 Å². The van der Waals surface area contributed by atoms with Crippen molar-refractivity contribution >= 4 is 11.9 Å². The van der Waals surface area contributed by atoms with Crippen LogP contribution in [0.2, 0.25) is 0 Å². The summed E-state index contributed by atoms with van der Waals surface area (Å²) in [5.41, 5.74) is 1.38. The normalized spacial score (nSPS) is 17.7. The number of piperidine rings is 1. The van der Waals surface area contributed by atoms with Gasteiger partial charge < -0.3 is 10.0 Å². The Kier molecular flexibility index (Phi) is 5.29. The average molecular weight is 404 g/mol. The maximum Gasteiger partial charge on any atom is 0.354 e. The number of carbonyl (C=O) groups excluding carboxylic acids is 1. The van der Waals surface area contributed by atoms with Gasteiger partial charge in [0, 0.05) is 30.9 Å². The van der Waals surface area contributed by atoms with Gasteiger partial charge >= 0.3 is 5.97 Å². The summed E-state index contributed by atoms with van der Waals surface area (Å²) in [5, 5.41) is 13.0. The number of aromatic carboxylic acids is 1. The Labute approximate surface area is 166 Å². The number of carbonyl (C=O) groups is 2. The van der Waals surface area contributed by atoms with Crippen LogP contribution < -0.4 is 0 Å². The molecule has 0 atom stereocenters. The summed E-state index contributed by atoms with van der Waals surface area (Å²) in [7, 11) is 0. The molecule has 2 fully saturated rings. The van der Waals surface area contributed by atoms with E-state index in [4.69, 9.17) is 5.11 Å². The van der Waals surface area contributed by atoms with Crippen molar-refractivity contribution in [2.75, 3.05) is 13.1 Å². The van der Waals surface area contributed by atoms with Crippen LogP contribution in [0.5, 0.6) is 0 Å². The van der Waals surface area contributed by atoms with Gasteiger partial charge in [0.2, 0.25) is 5.91 Å². The number of carboxylic acid groups (broad SMARTS) is 1. The van der Waals surface area contributed by atoms with Gasteiger partial charge in [-0.1, -0.05) is 0 Å². The van der Waals surface area contributed by atoms with Crippen LogP contribution in [0.3, 0.4) is 0 Å². The first-order valence-corrected chi connectivity index (χ1v) is 9.75. The molecule has 0 bridgehead atoms. The van der Waals surface area contributed by atoms with Crippen LogP contribution >= 0.6 is 0 Å². The van der Waals surface area contributed by atoms with Crippen molar-refractivity contribution in [1.29, 1.82) is 0 Å². The van der Waals surface area contributed by atoms with Crippen LogP contribution in [0.25, 0.3) is 0 Å². The van der Waals surface area contributed by atoms with E-state index >= 15 is 0 Å². The molecule has 1 saturated heterocycles. The molecule has 9 heteroatoms. The minimum atomic E-state index is -2.64. The lowest BCUT2D eigenvalue weighted by Gasteiger charge is -2.32. The highest BCUT2D eigenvalue weighted by Crippen LogP contribution is 2.41. The zero-order valence-corrected chi connectivity index (χ0v) is 15.8. The fraction of sp³-hybridized carbons (Fsp3) is 0.500. The molecule has 3 heterocycles. The van der Waals surface area contributed by atoms with E-state index in [1.807, 2.05) is 6.07 Å². The van der Waals surface area contributed by atoms with Crippen molar-refractivity contribution in [2.45, 2.75) is 50.5 Å². The Morgan fingerprint density at radius 2 is 1.86 bits per heavy atom. The highest BCUT2D eigenvalue weighted by Gasteiger charge is 2.31. The predicted molar refractivity (Wildman–Crippen MR) is 98.9 cm³/mol. The first-order chi connectivity index (χ1) is 13.9. The predicted octanol–water partition coefficient (Wildman–Crippen LogP) is 3.20. The van der Waals surface area contributed by atoms with Crippen molar-refractivity contribution in [3.05, 3.63) is 47.0 Å². The molecule has 0 aromatic carbocycles. The SMILES string of the molecule is O=C(O)c1cc(C2CCN(C(=O)Cn3nc(C(F)F)cc3C3CC3)CC2)ccn1. The van der Waals surface area contributed by atoms with Gasteiger partial charge in [0.15, 0.2) is 0 Å². The fourth-order valence-corrected chi connectivity index (χ4v) is 3.90. The standard InChI is InChI=1S/C20H22F2N4O3/c21-19(22)15-10-17(13-1-2-13)26(24-15)11-18(27)25-7-4-12(5-8-25)14-3-6-23-16(9-14)20(28)29/h3,6,9-10,12-13,19H,1-2,4-5,7-8,11H2,(H,28,29). The second kappa shape index (κ2) is 7.88. The smallest absolute Gasteiger partial charge is 0.354 e. The Morgan fingerprint density at radius 1 is 1.14 bits per heavy atom. The lowest BCUT2D eigenvalue weighted by atomic mass is 9.89. The van der Waals surface area contributed by atoms with Gasteiger partial charge in [-0.15, -0.1) is 0 Å². The summed E-state index contributed by atoms with van der Waals surface area (Å²) >= 11 is 0. The minimum Gasteiger partial charge on any atom is -0.477 e. The minimum absolute atomic E-state index is 0.0159. The molecule has 1 N–H and O–H groups in total. The molecule has 2 aliphatic rings. The van der Waals surface area contributed by atoms with Crippen LogP contribution in [-0.4, -0.2) is 49.7 Å². The second-order valence-corrected chi connectivity index (χ2v) is 7.66. The Hall–Kier alpha value is -2.84. The van der Waals surface area contributed by atoms with E-state index in [-0.39, 0.29) is 35.7 Å². The first-order valence-electron chi connectivity index (χ1n) is 9.75. The summed E-state index contributed by atoms with van der Waals surface area (Å²) in [6.07, 6.45) is 2.16. The molecule has 1 aliphatic carbocycles. The molecule has 2 aromatic rings. The van der Waals surface area contributed by atoms with Gasteiger partial charge in [0.25, 0.3) is 6.43 Å². The summed E-state index contributed by atoms with van der Waals surface area (Å²) in [5.74, 6) is -0.801. The molecule has 4 rings (SSSR count). The topological polar surface area (TPSA) is 88.3 Å². The van der Waals surface area contributed by atoms with E-state index in [1.54, 1.807) is 11.0 Å². The van der Waals surface area contributed by atoms with Crippen LogP contribution in [-0.2, 0) is 11.3 Å². The van der Waals surface area contributed by atoms with Gasteiger partial charge in [-0.3, -0.25) is 9.48 Å². The molecule has 1 aliphatic heterocycles. The summed E-state index contributed by atoms with van der Waals surface area (Å²) in [4.78, 5) is 29.4. The molecule has 29 heavy (non-hydrogen) atoms. The number of likely N-dealkylation sites (tertiary alicyclic amines) is 1. The van der Waals surface area contributed by atoms with Crippen LogP contribution in [0, 0.1) is 0 Å². The maximum absolute atomic E-state index is 13.0. The third kappa shape index (κ3) is 4.28. The van der Waals surface area contributed by atoms with Crippen molar-refractivity contribution in [3.63, 3.8) is 0 Å². The Morgan fingerprint density at radius 3 is 2.48 bits per heavy atom. The van der Waals surface area contributed by atoms with E-state index in [2.05, 4.69) is 10.1 Å². The number of alkyl halides is 2. The van der Waals surface area contributed by atoms with Gasteiger partial charge in [-0.2, -0.15) is 5.10 Å². The number of carboxylic acids is 1. The lowest BCUT2D eigenvalue weighted by molar-refractivity contribution is -0.133. The summed E-state index contributed by atoms with van der Waals surface area (Å²) in [6.45, 7) is 1.05. The number of hydrogen-bond donors (Lipinski definition) is 1. The number of hydrogen-bond acceptors (Lipinski definition) is 4. The maximum atomic E-state index is 13.0. The van der Waals surface area contributed by atoms with Gasteiger partial charge in [-0.25, -0.2) is 18.6 Å². The summed E-state index contributed by atoms with van der Waals surface area (Å²) in [6, 6.07) is 4.82. The third-order valence-corrected chi connectivity index (χ3v) is 5.66. The van der Waals surface area contributed by atoms with Crippen LogP contribution in [0.4, 0.5) is 8.78 Å². The van der Waals surface area contributed by atoms with Crippen molar-refractivity contribution in [3.8, 4) is 0 Å². The second-order valence-electron chi connectivity index (χ2n) is 7.66. The fourth-order valence-electron chi connectivity index (χ4n) is 3.90. The zero-order valence-electron chi connectivity index (χ0n) is 15.8. The summed E-state index contributed by atoms with van der Waals surface area (Å²) < 4.78 is 27.5. The molecular weight excluding hydrogens is 382 g/mol. The third-order valence-electron chi connectivity index (χ3n) is 5.66. The molecule has 0 spiro atoms. The molecule has 7 nitrogen and oxygen atoms in total. The molecular formula is C20H22F2N4O3. The highest BCUT2D eigenvalue weighted by atomic mass is 19.3. The molecule has 0 radical (unpaired) electrons. The van der Waals surface area contributed by atoms with Gasteiger partial charge in [-0.05, 0) is 55.4 Å². The number of nitrogens with zero attached hydrogens (tertiary/aromatic N) is 4. The van der Waals surface area contributed by atoms with Gasteiger partial charge in [0.1, 0.15) is 17.9 Å². The molecule has 1 amide bonds. The molecule has 0 unspecified atom stereocenters. The largest absolute Gasteiger partial charge is 0.477 e. The number of aromatic nitrogens is 3. The first kappa shape index (κ1) is 19.5. The van der Waals surface area contributed by atoms with E-state index in [0.717, 1.165) is 24.1 Å². The van der Waals surface area contributed by atoms with E-state index in [0.29, 0.717) is 25.9 Å². The van der Waals surface area contributed by atoms with E-state index in [9.17, 15) is 18.4 Å². The molecule has 1 saturated carbocycles. The quantitative estimate of drug-likeness (QED) is 0.799. The lowest BCUT2D eigenvalue weighted by Crippen LogP contribution is -2.40. The zero-order chi connectivity index (χ0) is 20.5. The number of halogens is 2. The number of amides is 1. The monoisotopic (exact) mass is 404 g/mol. The van der Waals surface area contributed by atoms with E-state index in [1.165, 1.54) is 16.9 Å².